The lowest BCUT2D eigenvalue weighted by molar-refractivity contribution is -0.146. The topological polar surface area (TPSA) is 88.7 Å². The summed E-state index contributed by atoms with van der Waals surface area (Å²) in [5, 5.41) is 12.6. The normalized spacial score (nSPS) is 23.9. The molecule has 2 heterocycles. The number of rotatable bonds is 4. The van der Waals surface area contributed by atoms with Crippen molar-refractivity contribution in [3.05, 3.63) is 72.3 Å². The van der Waals surface area contributed by atoms with E-state index in [-0.39, 0.29) is 5.97 Å². The van der Waals surface area contributed by atoms with Gasteiger partial charge in [-0.2, -0.15) is 0 Å². The van der Waals surface area contributed by atoms with E-state index in [9.17, 15) is 9.59 Å². The molecule has 0 aliphatic carbocycles. The summed E-state index contributed by atoms with van der Waals surface area (Å²) in [7, 11) is 2.74. The number of carbonyl (C=O) groups is 2. The number of ether oxygens (including phenoxy) is 2. The Morgan fingerprint density at radius 3 is 2.03 bits per heavy atom. The zero-order valence-corrected chi connectivity index (χ0v) is 17.9. The van der Waals surface area contributed by atoms with Gasteiger partial charge >= 0.3 is 18.9 Å². The fourth-order valence-electron chi connectivity index (χ4n) is 5.13. The monoisotopic (exact) mass is 429 g/mol. The second-order valence-electron chi connectivity index (χ2n) is 8.16. The van der Waals surface area contributed by atoms with Crippen LogP contribution < -0.4 is 15.8 Å². The minimum atomic E-state index is -0.705. The largest absolute Gasteiger partial charge is 0.469 e. The SMILES string of the molecule is COC(=O)[C@H]1[C@@H](B2Nc3cccc4cccc(c34)N2)[C@@H](C(=O)OC)N[C@H]1c1ccccc1. The smallest absolute Gasteiger partial charge is 0.376 e. The van der Waals surface area contributed by atoms with Gasteiger partial charge in [-0.3, -0.25) is 14.9 Å². The van der Waals surface area contributed by atoms with Crippen LogP contribution in [0.1, 0.15) is 11.6 Å². The van der Waals surface area contributed by atoms with E-state index in [1.807, 2.05) is 54.6 Å². The Morgan fingerprint density at radius 1 is 0.812 bits per heavy atom. The quantitative estimate of drug-likeness (QED) is 0.434. The highest BCUT2D eigenvalue weighted by molar-refractivity contribution is 6.70. The van der Waals surface area contributed by atoms with Crippen molar-refractivity contribution in [2.45, 2.75) is 17.9 Å². The Balaban J connectivity index is 1.59. The first-order valence-electron chi connectivity index (χ1n) is 10.6. The van der Waals surface area contributed by atoms with Crippen molar-refractivity contribution in [1.29, 1.82) is 0 Å². The third kappa shape index (κ3) is 3.27. The minimum absolute atomic E-state index is 0.372. The number of benzene rings is 3. The molecule has 7 nitrogen and oxygen atoms in total. The summed E-state index contributed by atoms with van der Waals surface area (Å²) in [4.78, 5) is 25.9. The first-order valence-corrected chi connectivity index (χ1v) is 10.6. The van der Waals surface area contributed by atoms with Gasteiger partial charge in [-0.05, 0) is 23.1 Å². The Bertz CT molecular complexity index is 1130. The lowest BCUT2D eigenvalue weighted by Crippen LogP contribution is -2.50. The van der Waals surface area contributed by atoms with Crippen LogP contribution in [-0.2, 0) is 19.1 Å². The van der Waals surface area contributed by atoms with Gasteiger partial charge in [0.2, 0.25) is 0 Å². The molecule has 0 aromatic heterocycles. The standard InChI is InChI=1S/C24H24BN3O4/c1-31-23(29)19-20(22(24(30)32-2)26-21(19)15-8-4-3-5-9-15)25-27-16-12-6-10-14-11-7-13-17(28-25)18(14)16/h3-13,19-22,26-28H,1-2H3/t19-,20+,21-,22-/m0/s1. The highest BCUT2D eigenvalue weighted by Gasteiger charge is 2.56. The van der Waals surface area contributed by atoms with Crippen LogP contribution in [0.5, 0.6) is 0 Å². The fourth-order valence-corrected chi connectivity index (χ4v) is 5.13. The van der Waals surface area contributed by atoms with Gasteiger partial charge in [0.25, 0.3) is 0 Å². The van der Waals surface area contributed by atoms with Crippen LogP contribution in [0.15, 0.2) is 66.7 Å². The molecule has 3 N–H and O–H groups in total. The van der Waals surface area contributed by atoms with Crippen molar-refractivity contribution in [2.75, 3.05) is 24.7 Å². The van der Waals surface area contributed by atoms with Crippen molar-refractivity contribution >= 4 is 41.1 Å². The summed E-state index contributed by atoms with van der Waals surface area (Å²) in [6.07, 6.45) is 0. The van der Waals surface area contributed by atoms with E-state index in [0.717, 1.165) is 27.7 Å². The molecule has 0 saturated carbocycles. The fraction of sp³-hybridized carbons (Fsp3) is 0.250. The number of anilines is 2. The molecule has 5 rings (SSSR count). The summed E-state index contributed by atoms with van der Waals surface area (Å²) < 4.78 is 10.3. The maximum absolute atomic E-state index is 13.1. The van der Waals surface area contributed by atoms with E-state index < -0.39 is 36.8 Å². The molecule has 3 aromatic carbocycles. The molecule has 2 aliphatic heterocycles. The number of hydrogen-bond acceptors (Lipinski definition) is 7. The van der Waals surface area contributed by atoms with Crippen LogP contribution in [-0.4, -0.2) is 39.2 Å². The Kier molecular flexibility index (Phi) is 5.23. The molecule has 8 heteroatoms. The number of carbonyl (C=O) groups excluding carboxylic acids is 2. The molecule has 162 valence electrons. The molecule has 0 spiro atoms. The second-order valence-corrected chi connectivity index (χ2v) is 8.16. The minimum Gasteiger partial charge on any atom is -0.469 e. The third-order valence-electron chi connectivity index (χ3n) is 6.52. The number of esters is 2. The molecule has 32 heavy (non-hydrogen) atoms. The van der Waals surface area contributed by atoms with Gasteiger partial charge in [0, 0.05) is 28.6 Å². The van der Waals surface area contributed by atoms with E-state index in [0.29, 0.717) is 0 Å². The van der Waals surface area contributed by atoms with Gasteiger partial charge in [-0.1, -0.05) is 54.6 Å². The zero-order chi connectivity index (χ0) is 22.2. The first-order chi connectivity index (χ1) is 15.6. The van der Waals surface area contributed by atoms with Crippen LogP contribution in [0, 0.1) is 5.92 Å². The number of hydrogen-bond donors (Lipinski definition) is 3. The highest BCUT2D eigenvalue weighted by atomic mass is 16.5. The molecule has 0 unspecified atom stereocenters. The van der Waals surface area contributed by atoms with Gasteiger partial charge in [0.05, 0.1) is 20.1 Å². The molecule has 3 aromatic rings. The van der Waals surface area contributed by atoms with Crippen LogP contribution in [0.25, 0.3) is 10.8 Å². The van der Waals surface area contributed by atoms with Crippen molar-refractivity contribution < 1.29 is 19.1 Å². The van der Waals surface area contributed by atoms with Gasteiger partial charge in [-0.25, -0.2) is 0 Å². The van der Waals surface area contributed by atoms with Crippen LogP contribution in [0.2, 0.25) is 5.82 Å². The van der Waals surface area contributed by atoms with E-state index in [1.54, 1.807) is 0 Å². The van der Waals surface area contributed by atoms with Crippen LogP contribution in [0.4, 0.5) is 11.4 Å². The predicted molar refractivity (Wildman–Crippen MR) is 124 cm³/mol. The van der Waals surface area contributed by atoms with Crippen molar-refractivity contribution in [3.8, 4) is 0 Å². The van der Waals surface area contributed by atoms with Gasteiger partial charge in [-0.15, -0.1) is 0 Å². The number of methoxy groups -OCH3 is 2. The van der Waals surface area contributed by atoms with Crippen molar-refractivity contribution in [3.63, 3.8) is 0 Å². The van der Waals surface area contributed by atoms with Crippen LogP contribution in [0.3, 0.4) is 0 Å². The average Bonchev–Trinajstić information content (AvgIpc) is 3.24. The molecular formula is C24H24BN3O4. The third-order valence-corrected chi connectivity index (χ3v) is 6.52. The molecule has 0 radical (unpaired) electrons. The van der Waals surface area contributed by atoms with Gasteiger partial charge in [0.15, 0.2) is 0 Å². The maximum atomic E-state index is 13.1. The molecule has 0 amide bonds. The predicted octanol–water partition coefficient (Wildman–Crippen LogP) is 3.21. The number of nitrogens with one attached hydrogen (secondary N) is 3. The Morgan fingerprint density at radius 2 is 1.44 bits per heavy atom. The van der Waals surface area contributed by atoms with E-state index >= 15 is 0 Å². The van der Waals surface area contributed by atoms with E-state index in [4.69, 9.17) is 9.47 Å². The summed E-state index contributed by atoms with van der Waals surface area (Å²) in [6, 6.07) is 20.7. The molecule has 1 fully saturated rings. The molecule has 1 saturated heterocycles. The first kappa shape index (κ1) is 20.4. The van der Waals surface area contributed by atoms with Crippen molar-refractivity contribution in [1.82, 2.24) is 5.32 Å². The Labute approximate surface area is 186 Å². The summed E-state index contributed by atoms with van der Waals surface area (Å²) in [6.45, 7) is -0.398. The zero-order valence-electron chi connectivity index (χ0n) is 17.9. The molecule has 0 bridgehead atoms. The maximum Gasteiger partial charge on any atom is 0.376 e. The average molecular weight is 429 g/mol. The van der Waals surface area contributed by atoms with Gasteiger partial charge < -0.3 is 19.9 Å². The molecule has 2 aliphatic rings. The highest BCUT2D eigenvalue weighted by Crippen LogP contribution is 2.46. The van der Waals surface area contributed by atoms with E-state index in [1.165, 1.54) is 14.2 Å². The summed E-state index contributed by atoms with van der Waals surface area (Å²) in [5.41, 5.74) is 2.83. The van der Waals surface area contributed by atoms with Crippen LogP contribution >= 0.6 is 0 Å². The molecular weight excluding hydrogens is 405 g/mol. The van der Waals surface area contributed by atoms with E-state index in [2.05, 4.69) is 27.9 Å². The lowest BCUT2D eigenvalue weighted by atomic mass is 9.53. The lowest BCUT2D eigenvalue weighted by Gasteiger charge is -2.33. The Hall–Kier alpha value is -3.52. The molecule has 4 atom stereocenters. The second kappa shape index (κ2) is 8.20. The summed E-state index contributed by atoms with van der Waals surface area (Å²) in [5.74, 6) is -1.86. The van der Waals surface area contributed by atoms with Gasteiger partial charge in [0.1, 0.15) is 6.04 Å². The summed E-state index contributed by atoms with van der Waals surface area (Å²) >= 11 is 0. The van der Waals surface area contributed by atoms with Crippen molar-refractivity contribution in [2.24, 2.45) is 5.92 Å².